The molecule has 7 nitrogen and oxygen atoms in total. The lowest BCUT2D eigenvalue weighted by atomic mass is 9.55. The summed E-state index contributed by atoms with van der Waals surface area (Å²) >= 11 is 0. The molecular formula is C35H28N2O5. The number of esters is 1. The third-order valence-corrected chi connectivity index (χ3v) is 9.02. The van der Waals surface area contributed by atoms with Crippen molar-refractivity contribution in [3.05, 3.63) is 130 Å². The van der Waals surface area contributed by atoms with Crippen LogP contribution in [-0.2, 0) is 19.1 Å². The van der Waals surface area contributed by atoms with Gasteiger partial charge in [-0.05, 0) is 77.6 Å². The van der Waals surface area contributed by atoms with Crippen LogP contribution in [0.2, 0.25) is 0 Å². The van der Waals surface area contributed by atoms with Crippen molar-refractivity contribution >= 4 is 35.1 Å². The molecule has 2 atom stereocenters. The molecule has 1 fully saturated rings. The summed E-state index contributed by atoms with van der Waals surface area (Å²) < 4.78 is 5.23. The summed E-state index contributed by atoms with van der Waals surface area (Å²) in [5.41, 5.74) is 7.75. The van der Waals surface area contributed by atoms with Crippen molar-refractivity contribution in [1.29, 1.82) is 0 Å². The standard InChI is InChI=1S/C35H28N2O5/c1-19-8-7-13-27(20(19)2)36-28(38)18-42-35(41)21-14-16-22(17-15-21)37-33(39)31-29-23-9-3-4-10-24(23)30(32(31)34(37)40)26-12-6-5-11-25(26)29/h3-17,29-32H,18H2,1-2H3,(H,36,38)/t29?,30?,31-,32-/m1/s1. The van der Waals surface area contributed by atoms with Gasteiger partial charge in [0.25, 0.3) is 5.91 Å². The molecule has 1 heterocycles. The second kappa shape index (κ2) is 9.80. The quantitative estimate of drug-likeness (QED) is 0.259. The highest BCUT2D eigenvalue weighted by Gasteiger charge is 2.61. The van der Waals surface area contributed by atoms with Gasteiger partial charge in [0.2, 0.25) is 11.8 Å². The van der Waals surface area contributed by atoms with Crippen molar-refractivity contribution in [2.24, 2.45) is 11.8 Å². The first-order valence-corrected chi connectivity index (χ1v) is 14.0. The maximum Gasteiger partial charge on any atom is 0.338 e. The molecular weight excluding hydrogens is 528 g/mol. The van der Waals surface area contributed by atoms with Crippen molar-refractivity contribution in [1.82, 2.24) is 0 Å². The Balaban J connectivity index is 1.09. The fourth-order valence-corrected chi connectivity index (χ4v) is 6.97. The number of imide groups is 1. The Morgan fingerprint density at radius 3 is 1.76 bits per heavy atom. The summed E-state index contributed by atoms with van der Waals surface area (Å²) in [6.07, 6.45) is 0. The second-order valence-corrected chi connectivity index (χ2v) is 11.2. The van der Waals surface area contributed by atoms with Crippen LogP contribution in [0.25, 0.3) is 0 Å². The van der Waals surface area contributed by atoms with Crippen molar-refractivity contribution in [2.75, 3.05) is 16.8 Å². The van der Waals surface area contributed by atoms with Crippen molar-refractivity contribution < 1.29 is 23.9 Å². The zero-order valence-electron chi connectivity index (χ0n) is 23.2. The first-order valence-electron chi connectivity index (χ1n) is 14.0. The Kier molecular flexibility index (Phi) is 6.04. The van der Waals surface area contributed by atoms with Crippen molar-refractivity contribution in [3.8, 4) is 0 Å². The van der Waals surface area contributed by atoms with Gasteiger partial charge in [0, 0.05) is 17.5 Å². The molecule has 1 saturated heterocycles. The predicted octanol–water partition coefficient (Wildman–Crippen LogP) is 5.50. The van der Waals surface area contributed by atoms with Gasteiger partial charge in [0.1, 0.15) is 0 Å². The summed E-state index contributed by atoms with van der Waals surface area (Å²) in [6, 6.07) is 28.0. The summed E-state index contributed by atoms with van der Waals surface area (Å²) in [7, 11) is 0. The molecule has 2 bridgehead atoms. The van der Waals surface area contributed by atoms with Crippen LogP contribution in [0.1, 0.15) is 55.6 Å². The molecule has 8 rings (SSSR count). The highest BCUT2D eigenvalue weighted by Crippen LogP contribution is 2.61. The second-order valence-electron chi connectivity index (χ2n) is 11.2. The zero-order chi connectivity index (χ0) is 29.1. The molecule has 0 radical (unpaired) electrons. The van der Waals surface area contributed by atoms with Gasteiger partial charge in [-0.1, -0.05) is 60.7 Å². The monoisotopic (exact) mass is 556 g/mol. The number of amides is 3. The first kappa shape index (κ1) is 25.9. The summed E-state index contributed by atoms with van der Waals surface area (Å²) in [5, 5.41) is 2.77. The van der Waals surface area contributed by atoms with E-state index in [0.29, 0.717) is 11.4 Å². The molecule has 3 amide bonds. The van der Waals surface area contributed by atoms with Crippen LogP contribution in [0.15, 0.2) is 91.0 Å². The van der Waals surface area contributed by atoms with E-state index >= 15 is 0 Å². The molecule has 0 unspecified atom stereocenters. The lowest BCUT2D eigenvalue weighted by Gasteiger charge is -2.45. The third-order valence-electron chi connectivity index (χ3n) is 9.02. The summed E-state index contributed by atoms with van der Waals surface area (Å²) in [5.74, 6) is -2.88. The van der Waals surface area contributed by atoms with Gasteiger partial charge in [-0.3, -0.25) is 14.4 Å². The van der Waals surface area contributed by atoms with E-state index < -0.39 is 30.3 Å². The topological polar surface area (TPSA) is 92.8 Å². The first-order chi connectivity index (χ1) is 20.3. The van der Waals surface area contributed by atoms with Gasteiger partial charge in [0.05, 0.1) is 23.1 Å². The average molecular weight is 557 g/mol. The highest BCUT2D eigenvalue weighted by atomic mass is 16.5. The van der Waals surface area contributed by atoms with Gasteiger partial charge in [-0.15, -0.1) is 0 Å². The Hall–Kier alpha value is -5.04. The zero-order valence-corrected chi connectivity index (χ0v) is 23.2. The number of rotatable bonds is 5. The highest BCUT2D eigenvalue weighted by molar-refractivity contribution is 6.23. The van der Waals surface area contributed by atoms with Crippen LogP contribution in [0.5, 0.6) is 0 Å². The molecule has 42 heavy (non-hydrogen) atoms. The molecule has 208 valence electrons. The Morgan fingerprint density at radius 1 is 0.714 bits per heavy atom. The Morgan fingerprint density at radius 2 is 1.24 bits per heavy atom. The molecule has 4 aromatic carbocycles. The largest absolute Gasteiger partial charge is 0.452 e. The van der Waals surface area contributed by atoms with E-state index in [0.717, 1.165) is 33.4 Å². The van der Waals surface area contributed by atoms with Crippen molar-refractivity contribution in [2.45, 2.75) is 25.7 Å². The van der Waals surface area contributed by atoms with Crippen LogP contribution < -0.4 is 10.2 Å². The van der Waals surface area contributed by atoms with Crippen molar-refractivity contribution in [3.63, 3.8) is 0 Å². The minimum atomic E-state index is -0.672. The van der Waals surface area contributed by atoms with Gasteiger partial charge in [0.15, 0.2) is 6.61 Å². The van der Waals surface area contributed by atoms with Crippen LogP contribution in [-0.4, -0.2) is 30.3 Å². The van der Waals surface area contributed by atoms with E-state index in [4.69, 9.17) is 4.74 Å². The minimum Gasteiger partial charge on any atom is -0.452 e. The van der Waals surface area contributed by atoms with E-state index in [2.05, 4.69) is 29.6 Å². The predicted molar refractivity (Wildman–Crippen MR) is 157 cm³/mol. The Labute approximate surface area is 243 Å². The van der Waals surface area contributed by atoms with E-state index in [-0.39, 0.29) is 29.2 Å². The minimum absolute atomic E-state index is 0.183. The number of benzene rings is 4. The van der Waals surface area contributed by atoms with E-state index in [1.807, 2.05) is 50.2 Å². The number of nitrogens with zero attached hydrogens (tertiary/aromatic N) is 1. The number of hydrogen-bond acceptors (Lipinski definition) is 5. The van der Waals surface area contributed by atoms with Crippen LogP contribution in [0.4, 0.5) is 11.4 Å². The molecule has 1 N–H and O–H groups in total. The third kappa shape index (κ3) is 3.88. The summed E-state index contributed by atoms with van der Waals surface area (Å²) in [6.45, 7) is 3.42. The maximum atomic E-state index is 13.9. The molecule has 4 aliphatic rings. The van der Waals surface area contributed by atoms with Crippen LogP contribution in [0.3, 0.4) is 0 Å². The Bertz CT molecular complexity index is 1680. The molecule has 4 aromatic rings. The normalized spacial score (nSPS) is 21.4. The van der Waals surface area contributed by atoms with Gasteiger partial charge in [-0.2, -0.15) is 0 Å². The molecule has 7 heteroatoms. The van der Waals surface area contributed by atoms with Gasteiger partial charge >= 0.3 is 5.97 Å². The van der Waals surface area contributed by atoms with E-state index in [1.165, 1.54) is 17.0 Å². The van der Waals surface area contributed by atoms with Crippen LogP contribution in [0, 0.1) is 25.7 Å². The van der Waals surface area contributed by atoms with E-state index in [1.54, 1.807) is 18.2 Å². The summed E-state index contributed by atoms with van der Waals surface area (Å²) in [4.78, 5) is 54.2. The molecule has 0 aromatic heterocycles. The van der Waals surface area contributed by atoms with Gasteiger partial charge in [-0.25, -0.2) is 9.69 Å². The SMILES string of the molecule is Cc1cccc(NC(=O)COC(=O)c2ccc(N3C(=O)[C@@H]4C5c6ccccc6C(c6ccccc65)[C@H]4C3=O)cc2)c1C. The number of carbonyl (C=O) groups excluding carboxylic acids is 4. The average Bonchev–Trinajstić information content (AvgIpc) is 3.28. The lowest BCUT2D eigenvalue weighted by molar-refractivity contribution is -0.122. The number of hydrogen-bond donors (Lipinski definition) is 1. The lowest BCUT2D eigenvalue weighted by Crippen LogP contribution is -2.41. The smallest absolute Gasteiger partial charge is 0.338 e. The fraction of sp³-hybridized carbons (Fsp3) is 0.200. The van der Waals surface area contributed by atoms with Crippen LogP contribution >= 0.6 is 0 Å². The van der Waals surface area contributed by atoms with E-state index in [9.17, 15) is 19.2 Å². The van der Waals surface area contributed by atoms with Gasteiger partial charge < -0.3 is 10.1 Å². The number of nitrogens with one attached hydrogen (secondary N) is 1. The molecule has 0 spiro atoms. The fourth-order valence-electron chi connectivity index (χ4n) is 6.97. The molecule has 0 saturated carbocycles. The number of carbonyl (C=O) groups is 4. The molecule has 3 aliphatic carbocycles. The number of aryl methyl sites for hydroxylation is 1. The number of ether oxygens (including phenoxy) is 1. The number of anilines is 2. The molecule has 1 aliphatic heterocycles. The maximum absolute atomic E-state index is 13.9.